The van der Waals surface area contributed by atoms with Crippen LogP contribution >= 0.6 is 0 Å². The lowest BCUT2D eigenvalue weighted by Crippen LogP contribution is -2.52. The van der Waals surface area contributed by atoms with Gasteiger partial charge in [-0.05, 0) is 38.8 Å². The molecule has 1 atom stereocenters. The number of likely N-dealkylation sites (tertiary alicyclic amines) is 1. The van der Waals surface area contributed by atoms with Crippen LogP contribution in [0.25, 0.3) is 0 Å². The standard InChI is InChI=1S/C13H23N3O3/c1-2-15-7-3-4-10(8-15)14-13(19)16(9-12(17)18)11-5-6-11/h10-11H,2-9H2,1H3,(H,14,19)(H,17,18). The minimum absolute atomic E-state index is 0.127. The van der Waals surface area contributed by atoms with Gasteiger partial charge >= 0.3 is 12.0 Å². The van der Waals surface area contributed by atoms with Crippen molar-refractivity contribution in [2.24, 2.45) is 0 Å². The van der Waals surface area contributed by atoms with Gasteiger partial charge in [-0.2, -0.15) is 0 Å². The summed E-state index contributed by atoms with van der Waals surface area (Å²) < 4.78 is 0. The summed E-state index contributed by atoms with van der Waals surface area (Å²) in [6.07, 6.45) is 3.91. The monoisotopic (exact) mass is 269 g/mol. The van der Waals surface area contributed by atoms with E-state index in [4.69, 9.17) is 5.11 Å². The van der Waals surface area contributed by atoms with E-state index in [0.29, 0.717) is 0 Å². The molecule has 1 saturated heterocycles. The van der Waals surface area contributed by atoms with Gasteiger partial charge in [0.15, 0.2) is 0 Å². The Bertz CT molecular complexity index is 344. The number of carbonyl (C=O) groups excluding carboxylic acids is 1. The largest absolute Gasteiger partial charge is 0.480 e. The summed E-state index contributed by atoms with van der Waals surface area (Å²) in [5.74, 6) is -0.944. The van der Waals surface area contributed by atoms with Crippen molar-refractivity contribution in [3.63, 3.8) is 0 Å². The topological polar surface area (TPSA) is 72.9 Å². The van der Waals surface area contributed by atoms with Crippen LogP contribution in [0.4, 0.5) is 4.79 Å². The third-order valence-corrected chi connectivity index (χ3v) is 3.83. The summed E-state index contributed by atoms with van der Waals surface area (Å²) in [5, 5.41) is 11.9. The van der Waals surface area contributed by atoms with Crippen molar-refractivity contribution >= 4 is 12.0 Å². The number of carboxylic acid groups (broad SMARTS) is 1. The zero-order valence-electron chi connectivity index (χ0n) is 11.5. The lowest BCUT2D eigenvalue weighted by atomic mass is 10.1. The fourth-order valence-corrected chi connectivity index (χ4v) is 2.62. The van der Waals surface area contributed by atoms with E-state index in [1.165, 1.54) is 4.90 Å². The minimum atomic E-state index is -0.944. The number of amides is 2. The maximum Gasteiger partial charge on any atom is 0.323 e. The molecule has 6 nitrogen and oxygen atoms in total. The van der Waals surface area contributed by atoms with E-state index < -0.39 is 5.97 Å². The van der Waals surface area contributed by atoms with Gasteiger partial charge in [-0.3, -0.25) is 4.79 Å². The van der Waals surface area contributed by atoms with Crippen LogP contribution in [0.2, 0.25) is 0 Å². The average Bonchev–Trinajstić information content (AvgIpc) is 3.20. The molecule has 0 spiro atoms. The summed E-state index contributed by atoms with van der Waals surface area (Å²) >= 11 is 0. The highest BCUT2D eigenvalue weighted by Gasteiger charge is 2.35. The number of aliphatic carboxylic acids is 1. The van der Waals surface area contributed by atoms with Crippen LogP contribution in [0, 0.1) is 0 Å². The number of hydrogen-bond acceptors (Lipinski definition) is 3. The molecule has 2 rings (SSSR count). The van der Waals surface area contributed by atoms with Gasteiger partial charge in [0.1, 0.15) is 6.54 Å². The maximum atomic E-state index is 12.2. The highest BCUT2D eigenvalue weighted by molar-refractivity contribution is 5.80. The molecule has 2 aliphatic rings. The van der Waals surface area contributed by atoms with Crippen molar-refractivity contribution in [3.05, 3.63) is 0 Å². The quantitative estimate of drug-likeness (QED) is 0.771. The van der Waals surface area contributed by atoms with Crippen LogP contribution in [0.3, 0.4) is 0 Å². The molecule has 19 heavy (non-hydrogen) atoms. The number of piperidine rings is 1. The molecular formula is C13H23N3O3. The first-order chi connectivity index (χ1) is 9.10. The predicted molar refractivity (Wildman–Crippen MR) is 71.0 cm³/mol. The average molecular weight is 269 g/mol. The smallest absolute Gasteiger partial charge is 0.323 e. The summed E-state index contributed by atoms with van der Waals surface area (Å²) in [7, 11) is 0. The number of carbonyl (C=O) groups is 2. The van der Waals surface area contributed by atoms with Gasteiger partial charge in [-0.1, -0.05) is 6.92 Å². The lowest BCUT2D eigenvalue weighted by Gasteiger charge is -2.33. The number of nitrogens with one attached hydrogen (secondary N) is 1. The van der Waals surface area contributed by atoms with Crippen molar-refractivity contribution < 1.29 is 14.7 Å². The normalized spacial score (nSPS) is 23.9. The Morgan fingerprint density at radius 3 is 2.68 bits per heavy atom. The van der Waals surface area contributed by atoms with Gasteiger partial charge in [-0.25, -0.2) is 4.79 Å². The highest BCUT2D eigenvalue weighted by Crippen LogP contribution is 2.26. The lowest BCUT2D eigenvalue weighted by molar-refractivity contribution is -0.137. The van der Waals surface area contributed by atoms with Crippen molar-refractivity contribution in [1.82, 2.24) is 15.1 Å². The van der Waals surface area contributed by atoms with Crippen LogP contribution in [0.5, 0.6) is 0 Å². The summed E-state index contributed by atoms with van der Waals surface area (Å²) in [4.78, 5) is 26.7. The molecule has 0 aromatic carbocycles. The second-order valence-corrected chi connectivity index (χ2v) is 5.43. The van der Waals surface area contributed by atoms with Crippen LogP contribution in [0.1, 0.15) is 32.6 Å². The van der Waals surface area contributed by atoms with E-state index in [-0.39, 0.29) is 24.7 Å². The van der Waals surface area contributed by atoms with Crippen LogP contribution in [-0.2, 0) is 4.79 Å². The van der Waals surface area contributed by atoms with Crippen molar-refractivity contribution in [3.8, 4) is 0 Å². The molecule has 2 N–H and O–H groups in total. The van der Waals surface area contributed by atoms with E-state index in [2.05, 4.69) is 17.1 Å². The number of urea groups is 1. The predicted octanol–water partition coefficient (Wildman–Crippen LogP) is 0.729. The van der Waals surface area contributed by atoms with E-state index >= 15 is 0 Å². The molecule has 0 radical (unpaired) electrons. The van der Waals surface area contributed by atoms with Gasteiger partial charge in [0, 0.05) is 18.6 Å². The zero-order valence-corrected chi connectivity index (χ0v) is 11.5. The third-order valence-electron chi connectivity index (χ3n) is 3.83. The van der Waals surface area contributed by atoms with Gasteiger partial charge in [0.2, 0.25) is 0 Å². The van der Waals surface area contributed by atoms with E-state index in [0.717, 1.165) is 45.3 Å². The van der Waals surface area contributed by atoms with Crippen LogP contribution in [0.15, 0.2) is 0 Å². The van der Waals surface area contributed by atoms with Crippen molar-refractivity contribution in [2.45, 2.75) is 44.7 Å². The molecular weight excluding hydrogens is 246 g/mol. The Labute approximate surface area is 113 Å². The summed E-state index contributed by atoms with van der Waals surface area (Å²) in [5.41, 5.74) is 0. The fraction of sp³-hybridized carbons (Fsp3) is 0.846. The molecule has 0 aromatic rings. The van der Waals surface area contributed by atoms with Crippen LogP contribution < -0.4 is 5.32 Å². The van der Waals surface area contributed by atoms with Gasteiger partial charge in [0.25, 0.3) is 0 Å². The molecule has 1 heterocycles. The second-order valence-electron chi connectivity index (χ2n) is 5.43. The van der Waals surface area contributed by atoms with E-state index in [1.807, 2.05) is 0 Å². The van der Waals surface area contributed by atoms with Gasteiger partial charge < -0.3 is 20.2 Å². The molecule has 2 amide bonds. The van der Waals surface area contributed by atoms with E-state index in [9.17, 15) is 9.59 Å². The van der Waals surface area contributed by atoms with Crippen molar-refractivity contribution in [2.75, 3.05) is 26.2 Å². The molecule has 108 valence electrons. The minimum Gasteiger partial charge on any atom is -0.480 e. The summed E-state index contributed by atoms with van der Waals surface area (Å²) in [6.45, 7) is 4.87. The fourth-order valence-electron chi connectivity index (χ4n) is 2.62. The molecule has 0 aromatic heterocycles. The molecule has 1 unspecified atom stereocenters. The first-order valence-electron chi connectivity index (χ1n) is 7.11. The highest BCUT2D eigenvalue weighted by atomic mass is 16.4. The Balaban J connectivity index is 1.85. The maximum absolute atomic E-state index is 12.2. The van der Waals surface area contributed by atoms with Gasteiger partial charge in [0.05, 0.1) is 0 Å². The summed E-state index contributed by atoms with van der Waals surface area (Å²) in [6, 6.07) is 0.0612. The molecule has 1 aliphatic carbocycles. The van der Waals surface area contributed by atoms with Crippen LogP contribution in [-0.4, -0.2) is 65.2 Å². The number of nitrogens with zero attached hydrogens (tertiary/aromatic N) is 2. The molecule has 1 saturated carbocycles. The number of carboxylic acids is 1. The molecule has 0 bridgehead atoms. The molecule has 6 heteroatoms. The number of hydrogen-bond donors (Lipinski definition) is 2. The van der Waals surface area contributed by atoms with Crippen molar-refractivity contribution in [1.29, 1.82) is 0 Å². The Hall–Kier alpha value is -1.30. The number of likely N-dealkylation sites (N-methyl/N-ethyl adjacent to an activating group) is 1. The third kappa shape index (κ3) is 4.09. The molecule has 1 aliphatic heterocycles. The first-order valence-corrected chi connectivity index (χ1v) is 7.11. The number of rotatable bonds is 5. The Morgan fingerprint density at radius 2 is 2.11 bits per heavy atom. The zero-order chi connectivity index (χ0) is 13.8. The van der Waals surface area contributed by atoms with Gasteiger partial charge in [-0.15, -0.1) is 0 Å². The Morgan fingerprint density at radius 1 is 1.37 bits per heavy atom. The molecule has 2 fully saturated rings. The second kappa shape index (κ2) is 6.23. The Kier molecular flexibility index (Phi) is 4.63. The van der Waals surface area contributed by atoms with E-state index in [1.54, 1.807) is 0 Å². The first kappa shape index (κ1) is 14.1. The SMILES string of the molecule is CCN1CCCC(NC(=O)N(CC(=O)O)C2CC2)C1.